The molecule has 0 aliphatic heterocycles. The van der Waals surface area contributed by atoms with E-state index in [9.17, 15) is 44.3 Å². The first kappa shape index (κ1) is 40.8. The second kappa shape index (κ2) is 15.8. The van der Waals surface area contributed by atoms with Gasteiger partial charge in [-0.2, -0.15) is 0 Å². The molecule has 15 nitrogen and oxygen atoms in total. The lowest BCUT2D eigenvalue weighted by atomic mass is 9.45. The lowest BCUT2D eigenvalue weighted by Gasteiger charge is -2.63. The Morgan fingerprint density at radius 1 is 1.09 bits per heavy atom. The number of allylic oxidation sites excluding steroid dienone is 4. The molecule has 3 fully saturated rings. The summed E-state index contributed by atoms with van der Waals surface area (Å²) in [6.07, 6.45) is 4.86. The van der Waals surface area contributed by atoms with Crippen molar-refractivity contribution in [2.24, 2.45) is 28.6 Å². The van der Waals surface area contributed by atoms with Crippen LogP contribution in [-0.2, 0) is 39.9 Å². The van der Waals surface area contributed by atoms with Crippen molar-refractivity contribution in [3.8, 4) is 5.75 Å². The van der Waals surface area contributed by atoms with Crippen LogP contribution in [0.5, 0.6) is 5.75 Å². The number of amides is 1. The number of aliphatic hydroxyl groups is 2. The normalized spacial score (nSPS) is 32.9. The molecule has 1 aromatic carbocycles. The van der Waals surface area contributed by atoms with Crippen LogP contribution in [0, 0.1) is 38.7 Å². The van der Waals surface area contributed by atoms with Gasteiger partial charge in [0.25, 0.3) is 5.09 Å². The fourth-order valence-electron chi connectivity index (χ4n) is 9.49. The summed E-state index contributed by atoms with van der Waals surface area (Å²) in [7, 11) is 0. The van der Waals surface area contributed by atoms with E-state index in [1.54, 1.807) is 38.1 Å². The van der Waals surface area contributed by atoms with Gasteiger partial charge in [0.1, 0.15) is 17.4 Å². The van der Waals surface area contributed by atoms with Gasteiger partial charge in [-0.3, -0.25) is 14.4 Å². The number of alkyl halides is 1. The van der Waals surface area contributed by atoms with Crippen molar-refractivity contribution >= 4 is 41.2 Å². The maximum Gasteiger partial charge on any atom is 0.514 e. The average molecular weight is 775 g/mol. The molecule has 0 heterocycles. The summed E-state index contributed by atoms with van der Waals surface area (Å²) in [5.41, 5.74) is -2.36. The SMILES string of the molecule is CC(=O)NC(Cc1ccc(OC(=O)OCC(=O)[C@@]2(O)[C@@H](C)C[C@H]3[C@@H]4CCC5=CC(=O)C=C[C@]5(C)[C@@]4(Cl)[C@@H](O)C[C@@]32C)cc1)C(=O)OCCCCO[N+](=O)[O-]. The van der Waals surface area contributed by atoms with Crippen LogP contribution in [-0.4, -0.2) is 87.3 Å². The highest BCUT2D eigenvalue weighted by Gasteiger charge is 2.74. The summed E-state index contributed by atoms with van der Waals surface area (Å²) in [6, 6.07) is 4.97. The van der Waals surface area contributed by atoms with E-state index < -0.39 is 74.9 Å². The Morgan fingerprint density at radius 3 is 2.44 bits per heavy atom. The molecule has 54 heavy (non-hydrogen) atoms. The summed E-state index contributed by atoms with van der Waals surface area (Å²) in [4.78, 5) is 76.4. The molecule has 3 saturated carbocycles. The number of ether oxygens (including phenoxy) is 3. The topological polar surface area (TPSA) is 218 Å². The highest BCUT2D eigenvalue weighted by Crippen LogP contribution is 2.71. The maximum absolute atomic E-state index is 13.8. The van der Waals surface area contributed by atoms with Gasteiger partial charge in [-0.05, 0) is 86.1 Å². The molecule has 0 bridgehead atoms. The molecule has 3 N–H and O–H groups in total. The summed E-state index contributed by atoms with van der Waals surface area (Å²) in [6.45, 7) is 5.81. The molecule has 4 aliphatic rings. The Morgan fingerprint density at radius 2 is 1.78 bits per heavy atom. The van der Waals surface area contributed by atoms with Gasteiger partial charge in [0.2, 0.25) is 11.7 Å². The molecule has 16 heteroatoms. The minimum Gasteiger partial charge on any atom is -0.464 e. The number of unbranched alkanes of at least 4 members (excludes halogenated alkanes) is 1. The number of Topliss-reactive ketones (excluding diaryl/α,β-unsaturated/α-hetero) is 1. The molecule has 0 aromatic heterocycles. The van der Waals surface area contributed by atoms with E-state index in [0.29, 0.717) is 37.7 Å². The molecule has 1 unspecified atom stereocenters. The average Bonchev–Trinajstić information content (AvgIpc) is 3.31. The molecule has 294 valence electrons. The van der Waals surface area contributed by atoms with Gasteiger partial charge in [0.05, 0.1) is 24.2 Å². The Bertz CT molecular complexity index is 1730. The zero-order valence-electron chi connectivity index (χ0n) is 30.7. The predicted octanol–water partition coefficient (Wildman–Crippen LogP) is 3.97. The summed E-state index contributed by atoms with van der Waals surface area (Å²) in [5.74, 6) is -2.99. The molecule has 0 radical (unpaired) electrons. The van der Waals surface area contributed by atoms with E-state index in [1.165, 1.54) is 25.1 Å². The van der Waals surface area contributed by atoms with Crippen molar-refractivity contribution in [1.29, 1.82) is 0 Å². The highest BCUT2D eigenvalue weighted by atomic mass is 35.5. The number of esters is 1. The van der Waals surface area contributed by atoms with E-state index in [4.69, 9.17) is 25.8 Å². The number of hydrogen-bond acceptors (Lipinski definition) is 13. The number of carbonyl (C=O) groups is 5. The molecule has 4 aliphatic carbocycles. The van der Waals surface area contributed by atoms with Gasteiger partial charge < -0.3 is 34.6 Å². The van der Waals surface area contributed by atoms with Gasteiger partial charge in [-0.25, -0.2) is 9.59 Å². The van der Waals surface area contributed by atoms with Crippen LogP contribution in [0.4, 0.5) is 4.79 Å². The van der Waals surface area contributed by atoms with Gasteiger partial charge in [0, 0.05) is 24.2 Å². The number of halogens is 1. The van der Waals surface area contributed by atoms with Crippen molar-refractivity contribution in [2.75, 3.05) is 19.8 Å². The third-order valence-corrected chi connectivity index (χ3v) is 13.1. The number of benzene rings is 1. The summed E-state index contributed by atoms with van der Waals surface area (Å²) >= 11 is 7.46. The zero-order chi connectivity index (χ0) is 39.6. The number of carbonyl (C=O) groups excluding carboxylic acids is 5. The Labute approximate surface area is 317 Å². The van der Waals surface area contributed by atoms with E-state index in [1.807, 2.05) is 6.92 Å². The summed E-state index contributed by atoms with van der Waals surface area (Å²) < 4.78 is 15.7. The number of nitrogens with one attached hydrogen (secondary N) is 1. The standard InChI is InChI=1S/C38H47ClN2O13/c1-22-17-29-28-12-9-25-19-26(43)13-14-35(25,3)37(28,39)31(44)20-36(29,4)38(22,48)32(45)21-52-34(47)54-27-10-7-24(8-11-27)18-30(40-23(2)42)33(46)51-15-5-6-16-53-41(49)50/h7-8,10-11,13-14,19,22,28-31,44,48H,5-6,9,12,15-18,20-21H2,1-4H3,(H,40,42)/t22-,28-,29-,30?,31-,35-,36-,37-,38-/m0/s1. The highest BCUT2D eigenvalue weighted by molar-refractivity contribution is 6.26. The number of hydrogen-bond donors (Lipinski definition) is 3. The summed E-state index contributed by atoms with van der Waals surface area (Å²) in [5, 5.41) is 35.8. The van der Waals surface area contributed by atoms with Crippen molar-refractivity contribution in [1.82, 2.24) is 5.32 Å². The quantitative estimate of drug-likeness (QED) is 0.0610. The number of nitrogens with zero attached hydrogens (tertiary/aromatic N) is 1. The molecule has 0 spiro atoms. The van der Waals surface area contributed by atoms with Crippen LogP contribution < -0.4 is 10.1 Å². The van der Waals surface area contributed by atoms with Crippen LogP contribution >= 0.6 is 11.6 Å². The molecule has 9 atom stereocenters. The van der Waals surface area contributed by atoms with Gasteiger partial charge in [-0.15, -0.1) is 21.7 Å². The van der Waals surface area contributed by atoms with E-state index >= 15 is 0 Å². The molecule has 1 aromatic rings. The van der Waals surface area contributed by atoms with Crippen LogP contribution in [0.1, 0.15) is 71.8 Å². The molecule has 0 saturated heterocycles. The van der Waals surface area contributed by atoms with Crippen LogP contribution in [0.15, 0.2) is 48.1 Å². The lowest BCUT2D eigenvalue weighted by molar-refractivity contribution is -0.757. The smallest absolute Gasteiger partial charge is 0.464 e. The number of rotatable bonds is 14. The van der Waals surface area contributed by atoms with Gasteiger partial charge in [-0.1, -0.05) is 44.6 Å². The number of fused-ring (bicyclic) bond motifs is 5. The maximum atomic E-state index is 13.8. The van der Waals surface area contributed by atoms with E-state index in [2.05, 4.69) is 10.2 Å². The van der Waals surface area contributed by atoms with Crippen molar-refractivity contribution in [3.63, 3.8) is 0 Å². The van der Waals surface area contributed by atoms with E-state index in [0.717, 1.165) is 5.57 Å². The zero-order valence-corrected chi connectivity index (χ0v) is 31.5. The van der Waals surface area contributed by atoms with Crippen LogP contribution in [0.3, 0.4) is 0 Å². The second-order valence-corrected chi connectivity index (χ2v) is 15.9. The van der Waals surface area contributed by atoms with E-state index in [-0.39, 0.29) is 49.4 Å². The largest absolute Gasteiger partial charge is 0.514 e. The first-order chi connectivity index (χ1) is 25.4. The van der Waals surface area contributed by atoms with Crippen LogP contribution in [0.25, 0.3) is 0 Å². The van der Waals surface area contributed by atoms with Crippen LogP contribution in [0.2, 0.25) is 0 Å². The fraction of sp³-hybridized carbons (Fsp3) is 0.605. The molecule has 5 rings (SSSR count). The fourth-order valence-corrected chi connectivity index (χ4v) is 10.0. The molecular formula is C38H47ClN2O13. The molecular weight excluding hydrogens is 728 g/mol. The van der Waals surface area contributed by atoms with Crippen molar-refractivity contribution in [2.45, 2.75) is 95.3 Å². The Hall–Kier alpha value is -4.34. The first-order valence-corrected chi connectivity index (χ1v) is 18.5. The van der Waals surface area contributed by atoms with Gasteiger partial charge in [0.15, 0.2) is 12.4 Å². The predicted molar refractivity (Wildman–Crippen MR) is 190 cm³/mol. The monoisotopic (exact) mass is 774 g/mol. The third-order valence-electron chi connectivity index (χ3n) is 12.2. The van der Waals surface area contributed by atoms with Gasteiger partial charge >= 0.3 is 12.1 Å². The second-order valence-electron chi connectivity index (χ2n) is 15.3. The Kier molecular flexibility index (Phi) is 11.9. The number of ketones is 2. The van der Waals surface area contributed by atoms with Crippen molar-refractivity contribution < 1.29 is 58.3 Å². The lowest BCUT2D eigenvalue weighted by Crippen LogP contribution is -2.69. The molecule has 1 amide bonds. The minimum atomic E-state index is -1.94. The van der Waals surface area contributed by atoms with Crippen molar-refractivity contribution in [3.05, 3.63) is 63.7 Å². The Balaban J connectivity index is 1.17. The number of aliphatic hydroxyl groups excluding tert-OH is 1. The third kappa shape index (κ3) is 7.50. The first-order valence-electron chi connectivity index (χ1n) is 18.1. The minimum absolute atomic E-state index is 0.0215.